The Hall–Kier alpha value is -2.82. The third kappa shape index (κ3) is 3.17. The number of rotatable bonds is 5. The van der Waals surface area contributed by atoms with E-state index in [1.165, 1.54) is 0 Å². The summed E-state index contributed by atoms with van der Waals surface area (Å²) in [5, 5.41) is 0. The van der Waals surface area contributed by atoms with Crippen LogP contribution in [0.5, 0.6) is 5.75 Å². The molecule has 3 aromatic rings. The molecule has 3 rings (SSSR count). The van der Waals surface area contributed by atoms with Crippen LogP contribution in [-0.2, 0) is 0 Å². The minimum absolute atomic E-state index is 0.0592. The van der Waals surface area contributed by atoms with Gasteiger partial charge in [-0.3, -0.25) is 4.79 Å². The SMILES string of the molecule is COc1cccc(-c2nc3ccccc3o2)c1C(=O)N(C(C)C)C(C)C. The zero-order chi connectivity index (χ0) is 18.8. The Kier molecular flexibility index (Phi) is 4.98. The van der Waals surface area contributed by atoms with Gasteiger partial charge in [-0.05, 0) is 52.0 Å². The van der Waals surface area contributed by atoms with Gasteiger partial charge in [0.25, 0.3) is 5.91 Å². The molecule has 136 valence electrons. The minimum Gasteiger partial charge on any atom is -0.496 e. The Morgan fingerprint density at radius 1 is 1.04 bits per heavy atom. The number of nitrogens with zero attached hydrogens (tertiary/aromatic N) is 2. The van der Waals surface area contributed by atoms with Crippen molar-refractivity contribution in [2.45, 2.75) is 39.8 Å². The van der Waals surface area contributed by atoms with Gasteiger partial charge in [0.1, 0.15) is 11.3 Å². The number of amides is 1. The molecule has 0 bridgehead atoms. The summed E-state index contributed by atoms with van der Waals surface area (Å²) in [7, 11) is 1.57. The van der Waals surface area contributed by atoms with E-state index < -0.39 is 0 Å². The normalized spacial score (nSPS) is 11.3. The molecular formula is C21H24N2O3. The second-order valence-electron chi connectivity index (χ2n) is 6.77. The number of carbonyl (C=O) groups is 1. The Morgan fingerprint density at radius 2 is 1.73 bits per heavy atom. The molecule has 0 saturated carbocycles. The van der Waals surface area contributed by atoms with E-state index >= 15 is 0 Å². The average Bonchev–Trinajstić information content (AvgIpc) is 3.04. The van der Waals surface area contributed by atoms with Crippen molar-refractivity contribution in [2.24, 2.45) is 0 Å². The quantitative estimate of drug-likeness (QED) is 0.664. The number of aromatic nitrogens is 1. The van der Waals surface area contributed by atoms with Crippen molar-refractivity contribution in [3.63, 3.8) is 0 Å². The van der Waals surface area contributed by atoms with Crippen LogP contribution in [0.4, 0.5) is 0 Å². The van der Waals surface area contributed by atoms with Gasteiger partial charge < -0.3 is 14.1 Å². The summed E-state index contributed by atoms with van der Waals surface area (Å²) in [4.78, 5) is 19.8. The topological polar surface area (TPSA) is 55.6 Å². The van der Waals surface area contributed by atoms with Gasteiger partial charge in [0.2, 0.25) is 5.89 Å². The Morgan fingerprint density at radius 3 is 2.35 bits per heavy atom. The number of hydrogen-bond acceptors (Lipinski definition) is 4. The van der Waals surface area contributed by atoms with Gasteiger partial charge in [-0.2, -0.15) is 0 Å². The largest absolute Gasteiger partial charge is 0.496 e. The van der Waals surface area contributed by atoms with Crippen LogP contribution in [0, 0.1) is 0 Å². The fraction of sp³-hybridized carbons (Fsp3) is 0.333. The number of carbonyl (C=O) groups excluding carboxylic acids is 1. The maximum Gasteiger partial charge on any atom is 0.258 e. The fourth-order valence-corrected chi connectivity index (χ4v) is 3.28. The van der Waals surface area contributed by atoms with E-state index in [1.54, 1.807) is 13.2 Å². The van der Waals surface area contributed by atoms with Crippen LogP contribution in [0.15, 0.2) is 46.9 Å². The van der Waals surface area contributed by atoms with Gasteiger partial charge in [0.05, 0.1) is 18.2 Å². The van der Waals surface area contributed by atoms with Gasteiger partial charge in [0.15, 0.2) is 5.58 Å². The van der Waals surface area contributed by atoms with Gasteiger partial charge in [-0.25, -0.2) is 4.98 Å². The highest BCUT2D eigenvalue weighted by Gasteiger charge is 2.28. The predicted octanol–water partition coefficient (Wildman–Crippen LogP) is 4.76. The van der Waals surface area contributed by atoms with Crippen molar-refractivity contribution in [1.82, 2.24) is 9.88 Å². The Bertz CT molecular complexity index is 887. The monoisotopic (exact) mass is 352 g/mol. The van der Waals surface area contributed by atoms with Crippen LogP contribution in [0.3, 0.4) is 0 Å². The molecule has 0 spiro atoms. The van der Waals surface area contributed by atoms with E-state index in [-0.39, 0.29) is 18.0 Å². The maximum atomic E-state index is 13.4. The molecule has 0 N–H and O–H groups in total. The zero-order valence-corrected chi connectivity index (χ0v) is 15.8. The van der Waals surface area contributed by atoms with Crippen molar-refractivity contribution in [3.8, 4) is 17.2 Å². The Labute approximate surface area is 153 Å². The van der Waals surface area contributed by atoms with Crippen LogP contribution in [0.2, 0.25) is 0 Å². The summed E-state index contributed by atoms with van der Waals surface area (Å²) in [6.07, 6.45) is 0. The highest BCUT2D eigenvalue weighted by atomic mass is 16.5. The number of para-hydroxylation sites is 2. The minimum atomic E-state index is -0.0929. The molecular weight excluding hydrogens is 328 g/mol. The highest BCUT2D eigenvalue weighted by molar-refractivity contribution is 6.03. The van der Waals surface area contributed by atoms with E-state index in [2.05, 4.69) is 4.98 Å². The molecule has 0 saturated heterocycles. The van der Waals surface area contributed by atoms with Crippen LogP contribution in [0.25, 0.3) is 22.6 Å². The lowest BCUT2D eigenvalue weighted by Crippen LogP contribution is -2.42. The lowest BCUT2D eigenvalue weighted by molar-refractivity contribution is 0.0641. The van der Waals surface area contributed by atoms with E-state index in [9.17, 15) is 4.79 Å². The molecule has 0 radical (unpaired) electrons. The first kappa shape index (κ1) is 18.0. The molecule has 26 heavy (non-hydrogen) atoms. The lowest BCUT2D eigenvalue weighted by Gasteiger charge is -2.31. The molecule has 5 nitrogen and oxygen atoms in total. The molecule has 5 heteroatoms. The van der Waals surface area contributed by atoms with Gasteiger partial charge in [-0.15, -0.1) is 0 Å². The van der Waals surface area contributed by atoms with E-state index in [0.717, 1.165) is 5.52 Å². The first-order valence-corrected chi connectivity index (χ1v) is 8.79. The van der Waals surface area contributed by atoms with Crippen LogP contribution in [0.1, 0.15) is 38.1 Å². The first-order valence-electron chi connectivity index (χ1n) is 8.79. The highest BCUT2D eigenvalue weighted by Crippen LogP contribution is 2.34. The molecule has 2 aromatic carbocycles. The molecule has 0 fully saturated rings. The number of hydrogen-bond donors (Lipinski definition) is 0. The van der Waals surface area contributed by atoms with Crippen molar-refractivity contribution in [2.75, 3.05) is 7.11 Å². The molecule has 0 aliphatic heterocycles. The van der Waals surface area contributed by atoms with Gasteiger partial charge >= 0.3 is 0 Å². The standard InChI is InChI=1S/C21H24N2O3/c1-13(2)23(14(3)4)21(24)19-15(9-8-12-18(19)25-5)20-22-16-10-6-7-11-17(16)26-20/h6-14H,1-5H3. The molecule has 0 atom stereocenters. The van der Waals surface area contributed by atoms with Crippen LogP contribution >= 0.6 is 0 Å². The summed E-state index contributed by atoms with van der Waals surface area (Å²) < 4.78 is 11.4. The fourth-order valence-electron chi connectivity index (χ4n) is 3.28. The third-order valence-corrected chi connectivity index (χ3v) is 4.33. The summed E-state index contributed by atoms with van der Waals surface area (Å²) in [5.41, 5.74) is 2.56. The van der Waals surface area contributed by atoms with E-state index in [4.69, 9.17) is 9.15 Å². The summed E-state index contributed by atoms with van der Waals surface area (Å²) >= 11 is 0. The first-order chi connectivity index (χ1) is 12.4. The zero-order valence-electron chi connectivity index (χ0n) is 15.8. The molecule has 1 amide bonds. The number of ether oxygens (including phenoxy) is 1. The number of benzene rings is 2. The molecule has 0 aliphatic rings. The molecule has 1 heterocycles. The number of fused-ring (bicyclic) bond motifs is 1. The molecule has 0 aliphatic carbocycles. The van der Waals surface area contributed by atoms with Crippen molar-refractivity contribution < 1.29 is 13.9 Å². The lowest BCUT2D eigenvalue weighted by atomic mass is 10.0. The molecule has 1 aromatic heterocycles. The number of oxazole rings is 1. The van der Waals surface area contributed by atoms with Crippen LogP contribution in [-0.4, -0.2) is 35.0 Å². The second kappa shape index (κ2) is 7.20. The molecule has 0 unspecified atom stereocenters. The summed E-state index contributed by atoms with van der Waals surface area (Å²) in [5.74, 6) is 0.840. The van der Waals surface area contributed by atoms with Crippen molar-refractivity contribution in [1.29, 1.82) is 0 Å². The smallest absolute Gasteiger partial charge is 0.258 e. The maximum absolute atomic E-state index is 13.4. The predicted molar refractivity (Wildman–Crippen MR) is 102 cm³/mol. The average molecular weight is 352 g/mol. The van der Waals surface area contributed by atoms with Gasteiger partial charge in [0, 0.05) is 12.1 Å². The van der Waals surface area contributed by atoms with Crippen LogP contribution < -0.4 is 4.74 Å². The summed E-state index contributed by atoms with van der Waals surface area (Å²) in [6, 6.07) is 13.2. The van der Waals surface area contributed by atoms with Gasteiger partial charge in [-0.1, -0.05) is 18.2 Å². The Balaban J connectivity index is 2.19. The van der Waals surface area contributed by atoms with Crippen molar-refractivity contribution >= 4 is 17.0 Å². The van der Waals surface area contributed by atoms with Crippen molar-refractivity contribution in [3.05, 3.63) is 48.0 Å². The van der Waals surface area contributed by atoms with E-state index in [1.807, 2.05) is 69.0 Å². The van der Waals surface area contributed by atoms with E-state index in [0.29, 0.717) is 28.4 Å². The second-order valence-corrected chi connectivity index (χ2v) is 6.77. The number of methoxy groups -OCH3 is 1. The summed E-state index contributed by atoms with van der Waals surface area (Å²) in [6.45, 7) is 8.03. The third-order valence-electron chi connectivity index (χ3n) is 4.33.